The van der Waals surface area contributed by atoms with Crippen molar-refractivity contribution in [1.29, 1.82) is 0 Å². The lowest BCUT2D eigenvalue weighted by Crippen LogP contribution is -2.21. The van der Waals surface area contributed by atoms with Crippen LogP contribution in [0.5, 0.6) is 0 Å². The second kappa shape index (κ2) is 7.48. The second-order valence-electron chi connectivity index (χ2n) is 4.13. The van der Waals surface area contributed by atoms with Gasteiger partial charge in [-0.15, -0.1) is 0 Å². The van der Waals surface area contributed by atoms with Crippen molar-refractivity contribution in [2.45, 2.75) is 32.6 Å². The maximum absolute atomic E-state index is 11.7. The number of carbonyl (C=O) groups is 2. The maximum atomic E-state index is 11.7. The fourth-order valence-electron chi connectivity index (χ4n) is 1.67. The van der Waals surface area contributed by atoms with Crippen LogP contribution in [0.3, 0.4) is 0 Å². The fraction of sp³-hybridized carbons (Fsp3) is 0.429. The van der Waals surface area contributed by atoms with E-state index in [1.807, 2.05) is 0 Å². The van der Waals surface area contributed by atoms with Crippen LogP contribution in [0.4, 0.5) is 5.69 Å². The van der Waals surface area contributed by atoms with Gasteiger partial charge >= 0.3 is 0 Å². The van der Waals surface area contributed by atoms with Crippen LogP contribution in [-0.2, 0) is 4.79 Å². The van der Waals surface area contributed by atoms with E-state index in [-0.39, 0.29) is 11.8 Å². The molecular weight excluding hydrogens is 228 g/mol. The van der Waals surface area contributed by atoms with Crippen LogP contribution in [0.25, 0.3) is 0 Å². The van der Waals surface area contributed by atoms with Gasteiger partial charge in [-0.25, -0.2) is 0 Å². The molecule has 0 aliphatic heterocycles. The molecule has 2 N–H and O–H groups in total. The molecule has 1 aromatic rings. The van der Waals surface area contributed by atoms with Crippen molar-refractivity contribution in [2.75, 3.05) is 12.4 Å². The molecule has 0 aliphatic rings. The molecule has 2 amide bonds. The molecule has 0 spiro atoms. The number of amides is 2. The number of anilines is 1. The zero-order valence-electron chi connectivity index (χ0n) is 11.0. The average Bonchev–Trinajstić information content (AvgIpc) is 2.39. The molecule has 1 rings (SSSR count). The quantitative estimate of drug-likeness (QED) is 0.760. The predicted octanol–water partition coefficient (Wildman–Crippen LogP) is 2.57. The summed E-state index contributed by atoms with van der Waals surface area (Å²) in [4.78, 5) is 23.3. The smallest absolute Gasteiger partial charge is 0.253 e. The fourth-order valence-corrected chi connectivity index (χ4v) is 1.67. The maximum Gasteiger partial charge on any atom is 0.253 e. The molecule has 0 heterocycles. The molecule has 4 heteroatoms. The van der Waals surface area contributed by atoms with E-state index in [0.29, 0.717) is 17.7 Å². The third-order valence-corrected chi connectivity index (χ3v) is 2.68. The van der Waals surface area contributed by atoms with Crippen molar-refractivity contribution >= 4 is 17.5 Å². The average molecular weight is 248 g/mol. The SMILES string of the molecule is CCCCCC(=O)Nc1ccccc1C(=O)NC. The Kier molecular flexibility index (Phi) is 5.91. The third-order valence-electron chi connectivity index (χ3n) is 2.68. The largest absolute Gasteiger partial charge is 0.355 e. The lowest BCUT2D eigenvalue weighted by molar-refractivity contribution is -0.116. The highest BCUT2D eigenvalue weighted by Gasteiger charge is 2.11. The van der Waals surface area contributed by atoms with Crippen molar-refractivity contribution in [3.05, 3.63) is 29.8 Å². The minimum atomic E-state index is -0.195. The Morgan fingerprint density at radius 1 is 1.17 bits per heavy atom. The van der Waals surface area contributed by atoms with Gasteiger partial charge in [0, 0.05) is 13.5 Å². The van der Waals surface area contributed by atoms with Gasteiger partial charge in [0.15, 0.2) is 0 Å². The summed E-state index contributed by atoms with van der Waals surface area (Å²) in [7, 11) is 1.57. The van der Waals surface area contributed by atoms with Gasteiger partial charge in [0.25, 0.3) is 5.91 Å². The van der Waals surface area contributed by atoms with Crippen LogP contribution in [0.1, 0.15) is 43.0 Å². The molecule has 18 heavy (non-hydrogen) atoms. The number of para-hydroxylation sites is 1. The van der Waals surface area contributed by atoms with Crippen molar-refractivity contribution in [2.24, 2.45) is 0 Å². The molecule has 1 aromatic carbocycles. The molecule has 0 bridgehead atoms. The molecule has 0 saturated heterocycles. The summed E-state index contributed by atoms with van der Waals surface area (Å²) in [6, 6.07) is 7.01. The van der Waals surface area contributed by atoms with Gasteiger partial charge in [-0.05, 0) is 18.6 Å². The van der Waals surface area contributed by atoms with E-state index in [1.54, 1.807) is 31.3 Å². The van der Waals surface area contributed by atoms with E-state index in [0.717, 1.165) is 19.3 Å². The van der Waals surface area contributed by atoms with Gasteiger partial charge in [0.2, 0.25) is 5.91 Å². The summed E-state index contributed by atoms with van der Waals surface area (Å²) in [5.74, 6) is -0.237. The van der Waals surface area contributed by atoms with Crippen LogP contribution in [0.15, 0.2) is 24.3 Å². The van der Waals surface area contributed by atoms with Crippen LogP contribution in [0, 0.1) is 0 Å². The van der Waals surface area contributed by atoms with Crippen LogP contribution >= 0.6 is 0 Å². The first kappa shape index (κ1) is 14.2. The van der Waals surface area contributed by atoms with Gasteiger partial charge < -0.3 is 10.6 Å². The Balaban J connectivity index is 2.66. The van der Waals surface area contributed by atoms with E-state index < -0.39 is 0 Å². The molecule has 4 nitrogen and oxygen atoms in total. The molecule has 0 aromatic heterocycles. The molecule has 0 radical (unpaired) electrons. The van der Waals surface area contributed by atoms with Crippen molar-refractivity contribution in [3.63, 3.8) is 0 Å². The first-order chi connectivity index (χ1) is 8.69. The summed E-state index contributed by atoms with van der Waals surface area (Å²) in [6.07, 6.45) is 3.51. The summed E-state index contributed by atoms with van der Waals surface area (Å²) in [6.45, 7) is 2.10. The number of unbranched alkanes of at least 4 members (excludes halogenated alkanes) is 2. The molecule has 0 saturated carbocycles. The lowest BCUT2D eigenvalue weighted by Gasteiger charge is -2.09. The molecule has 0 fully saturated rings. The Labute approximate surface area is 108 Å². The van der Waals surface area contributed by atoms with E-state index in [9.17, 15) is 9.59 Å². The number of carbonyl (C=O) groups excluding carboxylic acids is 2. The number of benzene rings is 1. The highest BCUT2D eigenvalue weighted by Crippen LogP contribution is 2.15. The van der Waals surface area contributed by atoms with E-state index in [2.05, 4.69) is 17.6 Å². The summed E-state index contributed by atoms with van der Waals surface area (Å²) in [5, 5.41) is 5.34. The van der Waals surface area contributed by atoms with Crippen LogP contribution < -0.4 is 10.6 Å². The molecule has 0 aliphatic carbocycles. The Bertz CT molecular complexity index is 416. The Morgan fingerprint density at radius 3 is 2.56 bits per heavy atom. The Morgan fingerprint density at radius 2 is 1.89 bits per heavy atom. The standard InChI is InChI=1S/C14H20N2O2/c1-3-4-5-10-13(17)16-12-9-7-6-8-11(12)14(18)15-2/h6-9H,3-5,10H2,1-2H3,(H,15,18)(H,16,17). The summed E-state index contributed by atoms with van der Waals surface area (Å²) in [5.41, 5.74) is 1.06. The normalized spacial score (nSPS) is 9.89. The number of hydrogen-bond acceptors (Lipinski definition) is 2. The number of hydrogen-bond donors (Lipinski definition) is 2. The Hall–Kier alpha value is -1.84. The minimum absolute atomic E-state index is 0.0418. The summed E-state index contributed by atoms with van der Waals surface area (Å²) < 4.78 is 0. The third kappa shape index (κ3) is 4.20. The lowest BCUT2D eigenvalue weighted by atomic mass is 10.1. The zero-order valence-corrected chi connectivity index (χ0v) is 11.0. The van der Waals surface area contributed by atoms with Gasteiger partial charge in [-0.3, -0.25) is 9.59 Å². The topological polar surface area (TPSA) is 58.2 Å². The zero-order chi connectivity index (χ0) is 13.4. The predicted molar refractivity (Wildman–Crippen MR) is 72.6 cm³/mol. The van der Waals surface area contributed by atoms with Crippen LogP contribution in [0.2, 0.25) is 0 Å². The molecule has 0 atom stereocenters. The molecule has 0 unspecified atom stereocenters. The number of rotatable bonds is 6. The molecule has 98 valence electrons. The van der Waals surface area contributed by atoms with Crippen LogP contribution in [-0.4, -0.2) is 18.9 Å². The van der Waals surface area contributed by atoms with Gasteiger partial charge in [0.1, 0.15) is 0 Å². The first-order valence-corrected chi connectivity index (χ1v) is 6.30. The van der Waals surface area contributed by atoms with E-state index in [4.69, 9.17) is 0 Å². The van der Waals surface area contributed by atoms with Gasteiger partial charge in [-0.2, -0.15) is 0 Å². The first-order valence-electron chi connectivity index (χ1n) is 6.30. The second-order valence-corrected chi connectivity index (χ2v) is 4.13. The highest BCUT2D eigenvalue weighted by atomic mass is 16.2. The minimum Gasteiger partial charge on any atom is -0.355 e. The van der Waals surface area contributed by atoms with Crippen molar-refractivity contribution < 1.29 is 9.59 Å². The van der Waals surface area contributed by atoms with Gasteiger partial charge in [0.05, 0.1) is 11.3 Å². The highest BCUT2D eigenvalue weighted by molar-refractivity contribution is 6.03. The van der Waals surface area contributed by atoms with Gasteiger partial charge in [-0.1, -0.05) is 31.9 Å². The van der Waals surface area contributed by atoms with E-state index in [1.165, 1.54) is 0 Å². The monoisotopic (exact) mass is 248 g/mol. The molecular formula is C14H20N2O2. The van der Waals surface area contributed by atoms with E-state index >= 15 is 0 Å². The van der Waals surface area contributed by atoms with Crippen molar-refractivity contribution in [1.82, 2.24) is 5.32 Å². The van der Waals surface area contributed by atoms with Crippen molar-refractivity contribution in [3.8, 4) is 0 Å². The summed E-state index contributed by atoms with van der Waals surface area (Å²) >= 11 is 0. The number of nitrogens with one attached hydrogen (secondary N) is 2.